The van der Waals surface area contributed by atoms with Crippen LogP contribution in [-0.4, -0.2) is 36.6 Å². The molecule has 0 N–H and O–H groups in total. The number of unbranched alkanes of at least 4 members (excludes halogenated alkanes) is 1. The van der Waals surface area contributed by atoms with Crippen molar-refractivity contribution in [2.24, 2.45) is 0 Å². The van der Waals surface area contributed by atoms with Crippen molar-refractivity contribution in [2.45, 2.75) is 19.8 Å². The highest BCUT2D eigenvalue weighted by atomic mass is 32.1. The molecule has 3 rings (SSSR count). The number of benzene rings is 1. The van der Waals surface area contributed by atoms with E-state index in [-0.39, 0.29) is 19.1 Å². The SMILES string of the molecule is CCCCOC(=O)CN1C(=O)COc2ccc(-c3cscn3)cc21. The number of carbonyl (C=O) groups excluding carboxylic acids is 2. The lowest BCUT2D eigenvalue weighted by atomic mass is 10.1. The van der Waals surface area contributed by atoms with Gasteiger partial charge in [0.2, 0.25) is 0 Å². The first-order chi connectivity index (χ1) is 11.7. The van der Waals surface area contributed by atoms with Crippen molar-refractivity contribution in [3.05, 3.63) is 29.1 Å². The maximum absolute atomic E-state index is 12.2. The van der Waals surface area contributed by atoms with Crippen molar-refractivity contribution >= 4 is 28.9 Å². The molecule has 0 saturated heterocycles. The lowest BCUT2D eigenvalue weighted by molar-refractivity contribution is -0.143. The Morgan fingerprint density at radius 2 is 2.33 bits per heavy atom. The van der Waals surface area contributed by atoms with E-state index in [2.05, 4.69) is 4.98 Å². The number of hydrogen-bond donors (Lipinski definition) is 0. The second kappa shape index (κ2) is 7.44. The van der Waals surface area contributed by atoms with E-state index < -0.39 is 5.97 Å². The molecule has 1 aromatic carbocycles. The van der Waals surface area contributed by atoms with Crippen LogP contribution in [0.3, 0.4) is 0 Å². The van der Waals surface area contributed by atoms with Gasteiger partial charge in [0, 0.05) is 10.9 Å². The van der Waals surface area contributed by atoms with Gasteiger partial charge in [-0.25, -0.2) is 4.98 Å². The van der Waals surface area contributed by atoms with Gasteiger partial charge in [-0.3, -0.25) is 14.5 Å². The number of rotatable bonds is 6. The molecule has 24 heavy (non-hydrogen) atoms. The quantitative estimate of drug-likeness (QED) is 0.594. The van der Waals surface area contributed by atoms with Crippen LogP contribution in [0.25, 0.3) is 11.3 Å². The van der Waals surface area contributed by atoms with Gasteiger partial charge in [0.25, 0.3) is 5.91 Å². The third-order valence-corrected chi connectivity index (χ3v) is 4.26. The van der Waals surface area contributed by atoms with Crippen LogP contribution < -0.4 is 9.64 Å². The molecule has 0 spiro atoms. The summed E-state index contributed by atoms with van der Waals surface area (Å²) in [4.78, 5) is 29.9. The van der Waals surface area contributed by atoms with Crippen LogP contribution in [0.5, 0.6) is 5.75 Å². The number of fused-ring (bicyclic) bond motifs is 1. The summed E-state index contributed by atoms with van der Waals surface area (Å²) in [5.74, 6) is -0.0935. The molecule has 0 bridgehead atoms. The van der Waals surface area contributed by atoms with E-state index in [9.17, 15) is 9.59 Å². The Morgan fingerprint density at radius 1 is 1.46 bits per heavy atom. The number of hydrogen-bond acceptors (Lipinski definition) is 6. The van der Waals surface area contributed by atoms with E-state index in [0.29, 0.717) is 18.0 Å². The molecule has 6 nitrogen and oxygen atoms in total. The zero-order valence-corrected chi connectivity index (χ0v) is 14.2. The van der Waals surface area contributed by atoms with Crippen molar-refractivity contribution in [3.8, 4) is 17.0 Å². The molecule has 0 atom stereocenters. The average molecular weight is 346 g/mol. The Labute approximate surface area is 144 Å². The zero-order valence-electron chi connectivity index (χ0n) is 13.4. The molecule has 0 saturated carbocycles. The van der Waals surface area contributed by atoms with E-state index in [0.717, 1.165) is 24.1 Å². The molecule has 126 valence electrons. The van der Waals surface area contributed by atoms with Gasteiger partial charge in [-0.15, -0.1) is 11.3 Å². The van der Waals surface area contributed by atoms with Gasteiger partial charge >= 0.3 is 5.97 Å². The Hall–Kier alpha value is -2.41. The molecular weight excluding hydrogens is 328 g/mol. The zero-order chi connectivity index (χ0) is 16.9. The third-order valence-electron chi connectivity index (χ3n) is 3.68. The van der Waals surface area contributed by atoms with Crippen molar-refractivity contribution in [3.63, 3.8) is 0 Å². The van der Waals surface area contributed by atoms with Crippen LogP contribution in [0.4, 0.5) is 5.69 Å². The second-order valence-corrected chi connectivity index (χ2v) is 6.12. The van der Waals surface area contributed by atoms with E-state index in [1.165, 1.54) is 16.2 Å². The van der Waals surface area contributed by atoms with Gasteiger partial charge < -0.3 is 9.47 Å². The van der Waals surface area contributed by atoms with Crippen molar-refractivity contribution in [2.75, 3.05) is 24.7 Å². The van der Waals surface area contributed by atoms with E-state index in [4.69, 9.17) is 9.47 Å². The molecule has 1 aromatic heterocycles. The number of anilines is 1. The number of nitrogens with zero attached hydrogens (tertiary/aromatic N) is 2. The van der Waals surface area contributed by atoms with Crippen LogP contribution in [0.2, 0.25) is 0 Å². The number of aromatic nitrogens is 1. The van der Waals surface area contributed by atoms with E-state index in [1.54, 1.807) is 11.6 Å². The average Bonchev–Trinajstić information content (AvgIpc) is 3.12. The summed E-state index contributed by atoms with van der Waals surface area (Å²) in [6, 6.07) is 5.51. The first kappa shape index (κ1) is 16.4. The fourth-order valence-corrected chi connectivity index (χ4v) is 2.96. The lowest BCUT2D eigenvalue weighted by Crippen LogP contribution is -2.42. The fraction of sp³-hybridized carbons (Fsp3) is 0.353. The van der Waals surface area contributed by atoms with Gasteiger partial charge in [-0.1, -0.05) is 13.3 Å². The molecule has 1 aliphatic rings. The Bertz CT molecular complexity index is 730. The smallest absolute Gasteiger partial charge is 0.326 e. The first-order valence-electron chi connectivity index (χ1n) is 7.80. The number of esters is 1. The maximum atomic E-state index is 12.2. The Kier molecular flexibility index (Phi) is 5.10. The minimum absolute atomic E-state index is 0.0781. The van der Waals surface area contributed by atoms with Gasteiger partial charge in [-0.2, -0.15) is 0 Å². The number of ether oxygens (including phenoxy) is 2. The maximum Gasteiger partial charge on any atom is 0.326 e. The summed E-state index contributed by atoms with van der Waals surface area (Å²) in [7, 11) is 0. The monoisotopic (exact) mass is 346 g/mol. The number of carbonyl (C=O) groups is 2. The summed E-state index contributed by atoms with van der Waals surface area (Å²) in [5, 5.41) is 1.93. The highest BCUT2D eigenvalue weighted by Crippen LogP contribution is 2.35. The van der Waals surface area contributed by atoms with Crippen LogP contribution in [0.15, 0.2) is 29.1 Å². The number of thiazole rings is 1. The summed E-state index contributed by atoms with van der Waals surface area (Å²) < 4.78 is 10.6. The predicted molar refractivity (Wildman–Crippen MR) is 91.3 cm³/mol. The normalized spacial score (nSPS) is 13.4. The Morgan fingerprint density at radius 3 is 3.08 bits per heavy atom. The first-order valence-corrected chi connectivity index (χ1v) is 8.74. The highest BCUT2D eigenvalue weighted by molar-refractivity contribution is 7.07. The summed E-state index contributed by atoms with van der Waals surface area (Å²) in [5.41, 5.74) is 4.02. The predicted octanol–water partition coefficient (Wildman–Crippen LogP) is 2.88. The lowest BCUT2D eigenvalue weighted by Gasteiger charge is -2.29. The second-order valence-electron chi connectivity index (χ2n) is 5.40. The standard InChI is InChI=1S/C17H18N2O4S/c1-2-3-6-22-17(21)8-19-14-7-12(13-10-24-11-18-13)4-5-15(14)23-9-16(19)20/h4-5,7,10-11H,2-3,6,8-9H2,1H3. The molecule has 0 radical (unpaired) electrons. The van der Waals surface area contributed by atoms with Gasteiger partial charge in [-0.05, 0) is 24.6 Å². The molecule has 1 amide bonds. The molecule has 0 aliphatic carbocycles. The molecule has 0 fully saturated rings. The van der Waals surface area contributed by atoms with Crippen LogP contribution in [0, 0.1) is 0 Å². The third kappa shape index (κ3) is 3.56. The molecule has 2 aromatic rings. The summed E-state index contributed by atoms with van der Waals surface area (Å²) in [6.07, 6.45) is 1.76. The topological polar surface area (TPSA) is 68.7 Å². The van der Waals surface area contributed by atoms with Gasteiger partial charge in [0.15, 0.2) is 6.61 Å². The molecule has 7 heteroatoms. The van der Waals surface area contributed by atoms with E-state index in [1.807, 2.05) is 24.4 Å². The van der Waals surface area contributed by atoms with Gasteiger partial charge in [0.05, 0.1) is 23.5 Å². The Balaban J connectivity index is 1.82. The highest BCUT2D eigenvalue weighted by Gasteiger charge is 2.28. The number of amides is 1. The molecule has 0 unspecified atom stereocenters. The minimum Gasteiger partial charge on any atom is -0.482 e. The van der Waals surface area contributed by atoms with Crippen molar-refractivity contribution in [1.29, 1.82) is 0 Å². The largest absolute Gasteiger partial charge is 0.482 e. The van der Waals surface area contributed by atoms with Crippen molar-refractivity contribution in [1.82, 2.24) is 4.98 Å². The minimum atomic E-state index is -0.413. The van der Waals surface area contributed by atoms with Gasteiger partial charge in [0.1, 0.15) is 12.3 Å². The molecular formula is C17H18N2O4S. The van der Waals surface area contributed by atoms with Crippen LogP contribution >= 0.6 is 11.3 Å². The van der Waals surface area contributed by atoms with Crippen LogP contribution in [0.1, 0.15) is 19.8 Å². The molecule has 2 heterocycles. The molecule has 1 aliphatic heterocycles. The summed E-state index contributed by atoms with van der Waals surface area (Å²) >= 11 is 1.50. The summed E-state index contributed by atoms with van der Waals surface area (Å²) in [6.45, 7) is 2.21. The van der Waals surface area contributed by atoms with Crippen LogP contribution in [-0.2, 0) is 14.3 Å². The van der Waals surface area contributed by atoms with Crippen molar-refractivity contribution < 1.29 is 19.1 Å². The fourth-order valence-electron chi connectivity index (χ4n) is 2.39. The van der Waals surface area contributed by atoms with E-state index >= 15 is 0 Å².